The maximum Gasteiger partial charge on any atom is 0.323 e. The Hall–Kier alpha value is -4.50. The minimum atomic E-state index is -3.67. The van der Waals surface area contributed by atoms with Crippen LogP contribution < -0.4 is 33.6 Å². The van der Waals surface area contributed by atoms with Gasteiger partial charge in [-0.3, -0.25) is 4.55 Å². The lowest BCUT2D eigenvalue weighted by Crippen LogP contribution is -2.22. The summed E-state index contributed by atoms with van der Waals surface area (Å²) in [7, 11) is -3.67. The van der Waals surface area contributed by atoms with E-state index in [0.29, 0.717) is 29.1 Å². The molecule has 35 heavy (non-hydrogen) atoms. The van der Waals surface area contributed by atoms with Crippen molar-refractivity contribution in [1.29, 1.82) is 0 Å². The predicted molar refractivity (Wildman–Crippen MR) is 139 cm³/mol. The van der Waals surface area contributed by atoms with Gasteiger partial charge < -0.3 is 33.6 Å². The molecule has 11 N–H and O–H groups in total. The predicted octanol–water partition coefficient (Wildman–Crippen LogP) is 0.829. The van der Waals surface area contributed by atoms with E-state index in [4.69, 9.17) is 27.5 Å². The molecule has 0 aliphatic rings. The molecule has 0 spiro atoms. The Morgan fingerprint density at radius 2 is 1.00 bits per heavy atom. The van der Waals surface area contributed by atoms with Gasteiger partial charge in [0.1, 0.15) is 0 Å². The second-order valence-electron chi connectivity index (χ2n) is 6.89. The normalized spacial score (nSPS) is 11.4. The molecular formula is C20H28N10O4S. The molecule has 0 bridgehead atoms. The van der Waals surface area contributed by atoms with Crippen LogP contribution in [0, 0.1) is 0 Å². The highest BCUT2D eigenvalue weighted by atomic mass is 32.2. The Morgan fingerprint density at radius 3 is 1.26 bits per heavy atom. The minimum Gasteiger partial charge on any atom is -0.369 e. The second kappa shape index (κ2) is 13.3. The summed E-state index contributed by atoms with van der Waals surface area (Å²) in [6, 6.07) is 13.8. The first-order chi connectivity index (χ1) is 16.2. The molecule has 0 aliphatic heterocycles. The molecule has 0 saturated heterocycles. The highest BCUT2D eigenvalue weighted by Crippen LogP contribution is 2.14. The SMILES string of the molecule is C/C(=N/N=C(N)N)c1ccc(NC(=O)Nc2ccc(/C(C)=N/N=C(N)N)cc2)cc1.CS(=O)(=O)O. The Balaban J connectivity index is 0.00000111. The van der Waals surface area contributed by atoms with Crippen molar-refractivity contribution in [2.24, 2.45) is 43.3 Å². The average molecular weight is 505 g/mol. The first-order valence-corrected chi connectivity index (χ1v) is 11.6. The third-order valence-electron chi connectivity index (χ3n) is 3.75. The van der Waals surface area contributed by atoms with Crippen molar-refractivity contribution in [1.82, 2.24) is 0 Å². The molecule has 2 rings (SSSR count). The number of hydrogen-bond acceptors (Lipinski definition) is 7. The van der Waals surface area contributed by atoms with Crippen LogP contribution in [-0.4, -0.2) is 48.6 Å². The van der Waals surface area contributed by atoms with Crippen LogP contribution in [0.5, 0.6) is 0 Å². The van der Waals surface area contributed by atoms with Crippen molar-refractivity contribution in [3.05, 3.63) is 59.7 Å². The molecule has 0 heterocycles. The van der Waals surface area contributed by atoms with Gasteiger partial charge in [0.15, 0.2) is 0 Å². The van der Waals surface area contributed by atoms with Crippen molar-refractivity contribution in [2.75, 3.05) is 16.9 Å². The van der Waals surface area contributed by atoms with Gasteiger partial charge in [-0.15, -0.1) is 10.2 Å². The molecule has 2 aromatic carbocycles. The van der Waals surface area contributed by atoms with Crippen LogP contribution in [0.25, 0.3) is 0 Å². The van der Waals surface area contributed by atoms with Gasteiger partial charge in [-0.05, 0) is 49.2 Å². The number of carbonyl (C=O) groups is 1. The molecule has 0 atom stereocenters. The number of benzene rings is 2. The van der Waals surface area contributed by atoms with E-state index in [1.165, 1.54) is 0 Å². The zero-order valence-corrected chi connectivity index (χ0v) is 20.1. The van der Waals surface area contributed by atoms with Crippen molar-refractivity contribution >= 4 is 50.9 Å². The average Bonchev–Trinajstić information content (AvgIpc) is 2.75. The number of anilines is 2. The molecule has 0 unspecified atom stereocenters. The number of nitrogens with one attached hydrogen (secondary N) is 2. The van der Waals surface area contributed by atoms with Gasteiger partial charge in [0.2, 0.25) is 11.9 Å². The number of rotatable bonds is 6. The molecule has 0 fully saturated rings. The van der Waals surface area contributed by atoms with E-state index in [9.17, 15) is 13.2 Å². The summed E-state index contributed by atoms with van der Waals surface area (Å²) >= 11 is 0. The maximum atomic E-state index is 12.2. The molecule has 15 heteroatoms. The van der Waals surface area contributed by atoms with Crippen LogP contribution in [0.1, 0.15) is 25.0 Å². The third-order valence-corrected chi connectivity index (χ3v) is 3.75. The first-order valence-electron chi connectivity index (χ1n) is 9.72. The Labute approximate surface area is 202 Å². The van der Waals surface area contributed by atoms with Crippen LogP contribution in [0.3, 0.4) is 0 Å². The van der Waals surface area contributed by atoms with Crippen molar-refractivity contribution in [2.45, 2.75) is 13.8 Å². The fourth-order valence-electron chi connectivity index (χ4n) is 2.26. The number of guanidine groups is 2. The lowest BCUT2D eigenvalue weighted by atomic mass is 10.1. The number of urea groups is 1. The number of carbonyl (C=O) groups excluding carboxylic acids is 1. The summed E-state index contributed by atoms with van der Waals surface area (Å²) in [5, 5.41) is 20.5. The monoisotopic (exact) mass is 504 g/mol. The van der Waals surface area contributed by atoms with Gasteiger partial charge in [0.25, 0.3) is 10.1 Å². The van der Waals surface area contributed by atoms with E-state index in [-0.39, 0.29) is 18.0 Å². The van der Waals surface area contributed by atoms with Crippen LogP contribution in [-0.2, 0) is 10.1 Å². The molecule has 14 nitrogen and oxygen atoms in total. The molecule has 2 aromatic rings. The molecule has 0 aromatic heterocycles. The number of hydrogen-bond donors (Lipinski definition) is 7. The summed E-state index contributed by atoms with van der Waals surface area (Å²) in [5.74, 6) is -0.234. The minimum absolute atomic E-state index is 0.117. The second-order valence-corrected chi connectivity index (χ2v) is 8.35. The summed E-state index contributed by atoms with van der Waals surface area (Å²) in [4.78, 5) is 12.2. The Bertz CT molecular complexity index is 1140. The topological polar surface area (TPSA) is 249 Å². The van der Waals surface area contributed by atoms with Gasteiger partial charge in [-0.25, -0.2) is 4.79 Å². The van der Waals surface area contributed by atoms with E-state index in [1.54, 1.807) is 62.4 Å². The summed E-state index contributed by atoms with van der Waals surface area (Å²) in [6.07, 6.45) is 0.715. The van der Waals surface area contributed by atoms with E-state index in [2.05, 4.69) is 31.0 Å². The van der Waals surface area contributed by atoms with E-state index >= 15 is 0 Å². The molecular weight excluding hydrogens is 476 g/mol. The van der Waals surface area contributed by atoms with E-state index in [1.807, 2.05) is 0 Å². The van der Waals surface area contributed by atoms with Gasteiger partial charge in [-0.1, -0.05) is 24.3 Å². The molecule has 0 saturated carbocycles. The van der Waals surface area contributed by atoms with Crippen LogP contribution >= 0.6 is 0 Å². The van der Waals surface area contributed by atoms with Crippen molar-refractivity contribution < 1.29 is 17.8 Å². The number of amides is 2. The lowest BCUT2D eigenvalue weighted by molar-refractivity contribution is 0.262. The van der Waals surface area contributed by atoms with E-state index in [0.717, 1.165) is 11.1 Å². The molecule has 188 valence electrons. The maximum absolute atomic E-state index is 12.2. The fourth-order valence-corrected chi connectivity index (χ4v) is 2.26. The molecule has 0 radical (unpaired) electrons. The molecule has 0 aliphatic carbocycles. The van der Waals surface area contributed by atoms with Gasteiger partial charge >= 0.3 is 6.03 Å². The highest BCUT2D eigenvalue weighted by molar-refractivity contribution is 7.85. The smallest absolute Gasteiger partial charge is 0.323 e. The highest BCUT2D eigenvalue weighted by Gasteiger charge is 2.05. The largest absolute Gasteiger partial charge is 0.369 e. The quantitative estimate of drug-likeness (QED) is 0.128. The van der Waals surface area contributed by atoms with Crippen LogP contribution in [0.4, 0.5) is 16.2 Å². The lowest BCUT2D eigenvalue weighted by Gasteiger charge is -2.09. The summed E-state index contributed by atoms with van der Waals surface area (Å²) < 4.78 is 25.9. The Morgan fingerprint density at radius 1 is 0.714 bits per heavy atom. The fraction of sp³-hybridized carbons (Fsp3) is 0.150. The zero-order chi connectivity index (χ0) is 26.6. The van der Waals surface area contributed by atoms with E-state index < -0.39 is 10.1 Å². The van der Waals surface area contributed by atoms with Crippen molar-refractivity contribution in [3.8, 4) is 0 Å². The summed E-state index contributed by atoms with van der Waals surface area (Å²) in [5.41, 5.74) is 25.2. The Kier molecular flexibility index (Phi) is 10.8. The number of nitrogens with zero attached hydrogens (tertiary/aromatic N) is 4. The standard InChI is InChI=1S/C19H24N10O.CH4O3S/c1-11(26-28-17(20)21)13-3-7-15(8-4-13)24-19(30)25-16-9-5-14(6-10-16)12(2)27-29-18(22)23;1-5(2,3)4/h3-10H,1-2H3,(H4,20,21,28)(H4,22,23,29)(H2,24,25,30);1H3,(H,2,3,4)/b26-11-,27-12+;. The summed E-state index contributed by atoms with van der Waals surface area (Å²) in [6.45, 7) is 3.55. The number of nitrogens with two attached hydrogens (primary N) is 4. The van der Waals surface area contributed by atoms with Gasteiger partial charge in [0.05, 0.1) is 17.7 Å². The van der Waals surface area contributed by atoms with Gasteiger partial charge in [-0.2, -0.15) is 18.6 Å². The van der Waals surface area contributed by atoms with Gasteiger partial charge in [0, 0.05) is 11.4 Å². The van der Waals surface area contributed by atoms with Crippen LogP contribution in [0.2, 0.25) is 0 Å². The van der Waals surface area contributed by atoms with Crippen molar-refractivity contribution in [3.63, 3.8) is 0 Å². The molecule has 2 amide bonds. The van der Waals surface area contributed by atoms with Crippen LogP contribution in [0.15, 0.2) is 68.9 Å². The first kappa shape index (κ1) is 28.5. The zero-order valence-electron chi connectivity index (χ0n) is 19.3. The third kappa shape index (κ3) is 13.0.